The van der Waals surface area contributed by atoms with Gasteiger partial charge < -0.3 is 5.11 Å². The van der Waals surface area contributed by atoms with Crippen molar-refractivity contribution in [3.63, 3.8) is 0 Å². The van der Waals surface area contributed by atoms with E-state index in [1.807, 2.05) is 13.0 Å². The number of nitrogens with zero attached hydrogens (tertiary/aromatic N) is 1. The summed E-state index contributed by atoms with van der Waals surface area (Å²) in [5.74, 6) is 0.714. The molecule has 0 saturated carbocycles. The van der Waals surface area contributed by atoms with Crippen LogP contribution in [0.1, 0.15) is 23.8 Å². The van der Waals surface area contributed by atoms with E-state index in [0.29, 0.717) is 17.9 Å². The molecule has 0 aromatic carbocycles. The smallest absolute Gasteiger partial charge is 0.180 e. The van der Waals surface area contributed by atoms with Crippen molar-refractivity contribution in [2.24, 2.45) is 0 Å². The molecule has 4 heteroatoms. The van der Waals surface area contributed by atoms with Gasteiger partial charge in [0, 0.05) is 23.3 Å². The van der Waals surface area contributed by atoms with Gasteiger partial charge in [0.15, 0.2) is 5.78 Å². The first-order valence-corrected chi connectivity index (χ1v) is 5.49. The quantitative estimate of drug-likeness (QED) is 0.595. The zero-order chi connectivity index (χ0) is 10.4. The minimum Gasteiger partial charge on any atom is -0.396 e. The van der Waals surface area contributed by atoms with E-state index in [1.54, 1.807) is 12.3 Å². The number of rotatable bonds is 5. The highest BCUT2D eigenvalue weighted by Crippen LogP contribution is 2.16. The third-order valence-corrected chi connectivity index (χ3v) is 2.66. The summed E-state index contributed by atoms with van der Waals surface area (Å²) in [5.41, 5.74) is 0.515. The summed E-state index contributed by atoms with van der Waals surface area (Å²) >= 11 is 1.52. The van der Waals surface area contributed by atoms with Crippen molar-refractivity contribution in [2.45, 2.75) is 18.2 Å². The molecule has 1 aromatic heterocycles. The van der Waals surface area contributed by atoms with Crippen molar-refractivity contribution >= 4 is 17.5 Å². The maximum atomic E-state index is 11.2. The molecular weight excluding hydrogens is 198 g/mol. The summed E-state index contributed by atoms with van der Waals surface area (Å²) < 4.78 is 0. The lowest BCUT2D eigenvalue weighted by atomic mass is 10.2. The molecule has 0 spiro atoms. The zero-order valence-corrected chi connectivity index (χ0v) is 8.88. The van der Waals surface area contributed by atoms with Gasteiger partial charge in [-0.3, -0.25) is 9.78 Å². The third kappa shape index (κ3) is 3.12. The highest BCUT2D eigenvalue weighted by Gasteiger charge is 2.03. The van der Waals surface area contributed by atoms with Crippen molar-refractivity contribution in [3.8, 4) is 0 Å². The van der Waals surface area contributed by atoms with Crippen molar-refractivity contribution in [2.75, 3.05) is 12.4 Å². The number of Topliss-reactive ketones (excluding diaryl/α,β-unsaturated/α-hetero) is 1. The minimum atomic E-state index is 0.0590. The Hall–Kier alpha value is -0.870. The highest BCUT2D eigenvalue weighted by atomic mass is 32.2. The molecule has 0 bridgehead atoms. The van der Waals surface area contributed by atoms with Crippen molar-refractivity contribution < 1.29 is 9.90 Å². The number of ketones is 1. The number of aliphatic hydroxyl groups excluding tert-OH is 1. The van der Waals surface area contributed by atoms with Crippen LogP contribution in [0.15, 0.2) is 23.2 Å². The Morgan fingerprint density at radius 3 is 2.86 bits per heavy atom. The summed E-state index contributed by atoms with van der Waals surface area (Å²) in [7, 11) is 0. The average Bonchev–Trinajstić information content (AvgIpc) is 2.26. The number of hydrogen-bond donors (Lipinski definition) is 1. The van der Waals surface area contributed by atoms with Crippen LogP contribution in [0, 0.1) is 0 Å². The molecule has 0 saturated heterocycles. The Morgan fingerprint density at radius 2 is 2.36 bits per heavy atom. The van der Waals surface area contributed by atoms with Gasteiger partial charge in [0.05, 0.1) is 6.61 Å². The van der Waals surface area contributed by atoms with Crippen molar-refractivity contribution in [1.29, 1.82) is 0 Å². The van der Waals surface area contributed by atoms with E-state index in [2.05, 4.69) is 4.98 Å². The zero-order valence-electron chi connectivity index (χ0n) is 8.06. The van der Waals surface area contributed by atoms with Crippen LogP contribution in [0.25, 0.3) is 0 Å². The van der Waals surface area contributed by atoms with Crippen LogP contribution in [-0.2, 0) is 0 Å². The van der Waals surface area contributed by atoms with E-state index in [9.17, 15) is 4.79 Å². The van der Waals surface area contributed by atoms with Crippen molar-refractivity contribution in [1.82, 2.24) is 4.98 Å². The predicted molar refractivity (Wildman–Crippen MR) is 56.7 cm³/mol. The Kier molecular flexibility index (Phi) is 4.62. The topological polar surface area (TPSA) is 50.2 Å². The van der Waals surface area contributed by atoms with Crippen LogP contribution in [0.4, 0.5) is 0 Å². The summed E-state index contributed by atoms with van der Waals surface area (Å²) in [6.07, 6.45) is 2.15. The summed E-state index contributed by atoms with van der Waals surface area (Å²) in [6, 6.07) is 3.59. The molecule has 1 aromatic rings. The van der Waals surface area contributed by atoms with Gasteiger partial charge in [-0.05, 0) is 12.1 Å². The molecule has 0 amide bonds. The van der Waals surface area contributed by atoms with Crippen LogP contribution in [-0.4, -0.2) is 28.2 Å². The number of aliphatic hydroxyl groups is 1. The van der Waals surface area contributed by atoms with E-state index in [0.717, 1.165) is 4.90 Å². The second kappa shape index (κ2) is 5.78. The fourth-order valence-electron chi connectivity index (χ4n) is 0.975. The molecule has 76 valence electrons. The number of thioether (sulfide) groups is 1. The van der Waals surface area contributed by atoms with Crippen LogP contribution in [0.3, 0.4) is 0 Å². The normalized spacial score (nSPS) is 10.1. The molecule has 0 radical (unpaired) electrons. The largest absolute Gasteiger partial charge is 0.396 e. The predicted octanol–water partition coefficient (Wildman–Crippen LogP) is 1.76. The minimum absolute atomic E-state index is 0.0590. The fourth-order valence-corrected chi connectivity index (χ4v) is 1.59. The monoisotopic (exact) mass is 211 g/mol. The second-order valence-corrected chi connectivity index (χ2v) is 3.90. The Morgan fingerprint density at radius 1 is 1.57 bits per heavy atom. The fraction of sp³-hybridized carbons (Fsp3) is 0.400. The maximum Gasteiger partial charge on any atom is 0.180 e. The summed E-state index contributed by atoms with van der Waals surface area (Å²) in [6.45, 7) is 1.97. The van der Waals surface area contributed by atoms with E-state index in [1.165, 1.54) is 11.8 Å². The third-order valence-electron chi connectivity index (χ3n) is 1.70. The number of aromatic nitrogens is 1. The SMILES string of the molecule is CCC(=O)c1ccc(SCCO)cn1. The van der Waals surface area contributed by atoms with Gasteiger partial charge >= 0.3 is 0 Å². The van der Waals surface area contributed by atoms with Gasteiger partial charge in [0.25, 0.3) is 0 Å². The first kappa shape index (κ1) is 11.2. The summed E-state index contributed by atoms with van der Waals surface area (Å²) in [4.78, 5) is 16.3. The highest BCUT2D eigenvalue weighted by molar-refractivity contribution is 7.99. The van der Waals surface area contributed by atoms with Gasteiger partial charge in [-0.25, -0.2) is 0 Å². The lowest BCUT2D eigenvalue weighted by molar-refractivity contribution is 0.0983. The lowest BCUT2D eigenvalue weighted by Gasteiger charge is -2.00. The molecule has 0 unspecified atom stereocenters. The average molecular weight is 211 g/mol. The standard InChI is InChI=1S/C10H13NO2S/c1-2-10(13)9-4-3-8(7-11-9)14-6-5-12/h3-4,7,12H,2,5-6H2,1H3. The van der Waals surface area contributed by atoms with Gasteiger partial charge in [-0.15, -0.1) is 11.8 Å². The number of carbonyl (C=O) groups is 1. The number of carbonyl (C=O) groups excluding carboxylic acids is 1. The Labute approximate surface area is 87.6 Å². The summed E-state index contributed by atoms with van der Waals surface area (Å²) in [5, 5.41) is 8.61. The molecular formula is C10H13NO2S. The number of hydrogen-bond acceptors (Lipinski definition) is 4. The first-order valence-electron chi connectivity index (χ1n) is 4.50. The molecule has 1 rings (SSSR count). The molecule has 14 heavy (non-hydrogen) atoms. The van der Waals surface area contributed by atoms with Gasteiger partial charge in [-0.2, -0.15) is 0 Å². The van der Waals surface area contributed by atoms with Crippen LogP contribution >= 0.6 is 11.8 Å². The number of pyridine rings is 1. The molecule has 1 heterocycles. The molecule has 0 aliphatic rings. The van der Waals surface area contributed by atoms with Crippen LogP contribution in [0.2, 0.25) is 0 Å². The molecule has 0 fully saturated rings. The Bertz CT molecular complexity index is 297. The Balaban J connectivity index is 2.63. The van der Waals surface area contributed by atoms with Crippen LogP contribution in [0.5, 0.6) is 0 Å². The van der Waals surface area contributed by atoms with E-state index in [-0.39, 0.29) is 12.4 Å². The lowest BCUT2D eigenvalue weighted by Crippen LogP contribution is -1.99. The first-order chi connectivity index (χ1) is 6.77. The molecule has 1 N–H and O–H groups in total. The van der Waals surface area contributed by atoms with Gasteiger partial charge in [0.1, 0.15) is 5.69 Å². The van der Waals surface area contributed by atoms with Gasteiger partial charge in [0.2, 0.25) is 0 Å². The molecule has 3 nitrogen and oxygen atoms in total. The van der Waals surface area contributed by atoms with E-state index >= 15 is 0 Å². The van der Waals surface area contributed by atoms with E-state index in [4.69, 9.17) is 5.11 Å². The molecule has 0 atom stereocenters. The molecule has 0 aliphatic heterocycles. The second-order valence-electron chi connectivity index (χ2n) is 2.73. The van der Waals surface area contributed by atoms with Crippen LogP contribution < -0.4 is 0 Å². The van der Waals surface area contributed by atoms with Gasteiger partial charge in [-0.1, -0.05) is 6.92 Å². The molecule has 0 aliphatic carbocycles. The van der Waals surface area contributed by atoms with E-state index < -0.39 is 0 Å². The maximum absolute atomic E-state index is 11.2. The van der Waals surface area contributed by atoms with Crippen molar-refractivity contribution in [3.05, 3.63) is 24.0 Å².